The lowest BCUT2D eigenvalue weighted by atomic mass is 10.1. The zero-order chi connectivity index (χ0) is 17.2. The van der Waals surface area contributed by atoms with Crippen LogP contribution in [0.1, 0.15) is 65.7 Å². The van der Waals surface area contributed by atoms with Crippen molar-refractivity contribution in [1.29, 1.82) is 0 Å². The Kier molecular flexibility index (Phi) is 7.68. The van der Waals surface area contributed by atoms with Crippen molar-refractivity contribution in [3.05, 3.63) is 29.6 Å². The number of carbonyl (C=O) groups is 2. The Morgan fingerprint density at radius 2 is 1.79 bits per heavy atom. The van der Waals surface area contributed by atoms with Gasteiger partial charge in [-0.05, 0) is 25.3 Å². The van der Waals surface area contributed by atoms with Crippen molar-refractivity contribution in [1.82, 2.24) is 15.6 Å². The Labute approximate surface area is 143 Å². The fourth-order valence-electron chi connectivity index (χ4n) is 2.90. The smallest absolute Gasteiger partial charge is 0.253 e. The molecular formula is C18H27N3O3. The molecule has 1 fully saturated rings. The highest BCUT2D eigenvalue weighted by molar-refractivity contribution is 5.99. The molecule has 2 rings (SSSR count). The third-order valence-corrected chi connectivity index (χ3v) is 4.26. The van der Waals surface area contributed by atoms with Crippen LogP contribution in [0.5, 0.6) is 0 Å². The van der Waals surface area contributed by atoms with Crippen LogP contribution in [0.15, 0.2) is 18.5 Å². The summed E-state index contributed by atoms with van der Waals surface area (Å²) in [6, 6.07) is 1.83. The second kappa shape index (κ2) is 10.0. The number of nitrogens with zero attached hydrogens (tertiary/aromatic N) is 1. The van der Waals surface area contributed by atoms with E-state index >= 15 is 0 Å². The summed E-state index contributed by atoms with van der Waals surface area (Å²) in [5, 5.41) is 5.87. The molecule has 1 aliphatic carbocycles. The number of amides is 2. The maximum absolute atomic E-state index is 12.4. The highest BCUT2D eigenvalue weighted by Gasteiger charge is 2.17. The minimum absolute atomic E-state index is 0.150. The van der Waals surface area contributed by atoms with Gasteiger partial charge in [-0.1, -0.05) is 25.7 Å². The van der Waals surface area contributed by atoms with Gasteiger partial charge in [0.05, 0.1) is 11.1 Å². The quantitative estimate of drug-likeness (QED) is 0.593. The van der Waals surface area contributed by atoms with Crippen LogP contribution in [0.25, 0.3) is 0 Å². The van der Waals surface area contributed by atoms with E-state index in [0.717, 1.165) is 32.1 Å². The normalized spacial score (nSPS) is 15.5. The van der Waals surface area contributed by atoms with Crippen molar-refractivity contribution in [3.8, 4) is 0 Å². The van der Waals surface area contributed by atoms with Crippen molar-refractivity contribution >= 4 is 11.8 Å². The molecule has 1 aromatic heterocycles. The Morgan fingerprint density at radius 3 is 2.46 bits per heavy atom. The average Bonchev–Trinajstić information content (AvgIpc) is 2.87. The lowest BCUT2D eigenvalue weighted by molar-refractivity contribution is 0.0933. The second-order valence-corrected chi connectivity index (χ2v) is 6.23. The van der Waals surface area contributed by atoms with Crippen molar-refractivity contribution in [2.75, 3.05) is 20.3 Å². The van der Waals surface area contributed by atoms with Crippen LogP contribution in [0.4, 0.5) is 0 Å². The Morgan fingerprint density at radius 1 is 1.12 bits per heavy atom. The minimum atomic E-state index is -0.220. The van der Waals surface area contributed by atoms with Gasteiger partial charge in [-0.3, -0.25) is 14.6 Å². The number of rotatable bonds is 7. The number of pyridine rings is 1. The van der Waals surface area contributed by atoms with Crippen molar-refractivity contribution < 1.29 is 14.3 Å². The molecule has 0 spiro atoms. The number of methoxy groups -OCH3 is 1. The molecule has 2 N–H and O–H groups in total. The van der Waals surface area contributed by atoms with Crippen molar-refractivity contribution in [2.45, 2.75) is 51.0 Å². The number of ether oxygens (including phenoxy) is 1. The van der Waals surface area contributed by atoms with Crippen molar-refractivity contribution in [3.63, 3.8) is 0 Å². The molecule has 0 unspecified atom stereocenters. The van der Waals surface area contributed by atoms with Gasteiger partial charge in [0.15, 0.2) is 0 Å². The van der Waals surface area contributed by atoms with E-state index in [1.54, 1.807) is 13.2 Å². The van der Waals surface area contributed by atoms with E-state index < -0.39 is 0 Å². The lowest BCUT2D eigenvalue weighted by Gasteiger charge is -2.16. The van der Waals surface area contributed by atoms with Gasteiger partial charge in [0.2, 0.25) is 0 Å². The second-order valence-electron chi connectivity index (χ2n) is 6.23. The van der Waals surface area contributed by atoms with E-state index in [1.165, 1.54) is 25.2 Å². The highest BCUT2D eigenvalue weighted by atomic mass is 16.5. The van der Waals surface area contributed by atoms with Crippen LogP contribution < -0.4 is 10.6 Å². The maximum atomic E-state index is 12.4. The summed E-state index contributed by atoms with van der Waals surface area (Å²) in [5.41, 5.74) is 0.838. The first-order chi connectivity index (χ1) is 11.7. The zero-order valence-electron chi connectivity index (χ0n) is 14.3. The van der Waals surface area contributed by atoms with Gasteiger partial charge in [-0.25, -0.2) is 0 Å². The number of hydrogen-bond acceptors (Lipinski definition) is 4. The molecule has 2 amide bonds. The molecule has 0 saturated heterocycles. The van der Waals surface area contributed by atoms with Crippen molar-refractivity contribution in [2.24, 2.45) is 0 Å². The van der Waals surface area contributed by atoms with Gasteiger partial charge < -0.3 is 15.4 Å². The van der Waals surface area contributed by atoms with E-state index in [4.69, 9.17) is 4.74 Å². The van der Waals surface area contributed by atoms with E-state index in [1.807, 2.05) is 0 Å². The van der Waals surface area contributed by atoms with E-state index in [-0.39, 0.29) is 17.9 Å². The minimum Gasteiger partial charge on any atom is -0.385 e. The fraction of sp³-hybridized carbons (Fsp3) is 0.611. The van der Waals surface area contributed by atoms with Crippen LogP contribution in [0, 0.1) is 0 Å². The predicted octanol–water partition coefficient (Wildman–Crippen LogP) is 2.30. The van der Waals surface area contributed by atoms with Crippen LogP contribution in [0.2, 0.25) is 0 Å². The first-order valence-corrected chi connectivity index (χ1v) is 8.73. The highest BCUT2D eigenvalue weighted by Crippen LogP contribution is 2.17. The van der Waals surface area contributed by atoms with Crippen LogP contribution in [-0.2, 0) is 4.74 Å². The van der Waals surface area contributed by atoms with Gasteiger partial charge in [0.1, 0.15) is 0 Å². The average molecular weight is 333 g/mol. The van der Waals surface area contributed by atoms with Gasteiger partial charge in [0, 0.05) is 38.7 Å². The SMILES string of the molecule is COCCCNC(=O)c1cncc(C(=O)NC2CCCCCC2)c1. The van der Waals surface area contributed by atoms with Gasteiger partial charge >= 0.3 is 0 Å². The number of carbonyl (C=O) groups excluding carboxylic acids is 2. The molecule has 0 aromatic carbocycles. The summed E-state index contributed by atoms with van der Waals surface area (Å²) in [5.74, 6) is -0.369. The standard InChI is InChI=1S/C18H27N3O3/c1-24-10-6-9-20-17(22)14-11-15(13-19-12-14)18(23)21-16-7-4-2-3-5-8-16/h11-13,16H,2-10H2,1H3,(H,20,22)(H,21,23). The first-order valence-electron chi connectivity index (χ1n) is 8.73. The number of hydrogen-bond donors (Lipinski definition) is 2. The van der Waals surface area contributed by atoms with E-state index in [2.05, 4.69) is 15.6 Å². The molecule has 1 heterocycles. The molecular weight excluding hydrogens is 306 g/mol. The Hall–Kier alpha value is -1.95. The molecule has 1 saturated carbocycles. The number of nitrogens with one attached hydrogen (secondary N) is 2. The summed E-state index contributed by atoms with van der Waals surface area (Å²) in [6.45, 7) is 1.13. The van der Waals surface area contributed by atoms with E-state index in [0.29, 0.717) is 24.3 Å². The molecule has 0 bridgehead atoms. The molecule has 1 aromatic rings. The van der Waals surface area contributed by atoms with Crippen LogP contribution in [-0.4, -0.2) is 43.1 Å². The lowest BCUT2D eigenvalue weighted by Crippen LogP contribution is -2.34. The number of aromatic nitrogens is 1. The molecule has 24 heavy (non-hydrogen) atoms. The third-order valence-electron chi connectivity index (χ3n) is 4.26. The molecule has 0 atom stereocenters. The first kappa shape index (κ1) is 18.4. The summed E-state index contributed by atoms with van der Waals surface area (Å²) >= 11 is 0. The predicted molar refractivity (Wildman–Crippen MR) is 92.0 cm³/mol. The maximum Gasteiger partial charge on any atom is 0.253 e. The van der Waals surface area contributed by atoms with Crippen LogP contribution >= 0.6 is 0 Å². The Balaban J connectivity index is 1.90. The monoisotopic (exact) mass is 333 g/mol. The molecule has 132 valence electrons. The molecule has 1 aliphatic rings. The molecule has 6 heteroatoms. The summed E-state index contributed by atoms with van der Waals surface area (Å²) in [4.78, 5) is 28.5. The van der Waals surface area contributed by atoms with Crippen LogP contribution in [0.3, 0.4) is 0 Å². The Bertz CT molecular complexity index is 540. The summed E-state index contributed by atoms with van der Waals surface area (Å²) < 4.78 is 4.94. The fourth-order valence-corrected chi connectivity index (χ4v) is 2.90. The molecule has 0 aliphatic heterocycles. The zero-order valence-corrected chi connectivity index (χ0v) is 14.3. The topological polar surface area (TPSA) is 80.3 Å². The molecule has 6 nitrogen and oxygen atoms in total. The summed E-state index contributed by atoms with van der Waals surface area (Å²) in [6.07, 6.45) is 10.6. The molecule has 0 radical (unpaired) electrons. The van der Waals surface area contributed by atoms with Gasteiger partial charge in [0.25, 0.3) is 11.8 Å². The third kappa shape index (κ3) is 5.92. The largest absolute Gasteiger partial charge is 0.385 e. The van der Waals surface area contributed by atoms with E-state index in [9.17, 15) is 9.59 Å². The van der Waals surface area contributed by atoms with Gasteiger partial charge in [-0.15, -0.1) is 0 Å². The summed E-state index contributed by atoms with van der Waals surface area (Å²) in [7, 11) is 1.63. The van der Waals surface area contributed by atoms with Gasteiger partial charge in [-0.2, -0.15) is 0 Å².